The lowest BCUT2D eigenvalue weighted by Crippen LogP contribution is -2.24. The molecule has 0 aromatic heterocycles. The van der Waals surface area contributed by atoms with E-state index < -0.39 is 6.03 Å². The average Bonchev–Trinajstić information content (AvgIpc) is 2.73. The van der Waals surface area contributed by atoms with Crippen LogP contribution in [0.15, 0.2) is 77.9 Å². The van der Waals surface area contributed by atoms with Crippen LogP contribution in [-0.2, 0) is 6.61 Å². The van der Waals surface area contributed by atoms with Gasteiger partial charge in [-0.2, -0.15) is 5.10 Å². The molecule has 148 valence electrons. The molecule has 0 saturated heterocycles. The number of nitrogens with one attached hydrogen (secondary N) is 2. The van der Waals surface area contributed by atoms with Crippen molar-refractivity contribution in [3.05, 3.63) is 88.9 Å². The lowest BCUT2D eigenvalue weighted by molar-refractivity contribution is 0.252. The Bertz CT molecular complexity index is 994. The van der Waals surface area contributed by atoms with E-state index in [0.29, 0.717) is 28.8 Å². The van der Waals surface area contributed by atoms with E-state index >= 15 is 0 Å². The Morgan fingerprint density at radius 3 is 2.62 bits per heavy atom. The standard InChI is InChI=1S/C22H20ClN3O3/c1-28-21-13-16(14-24-26-22(27)25-19-8-3-2-4-9-19)10-11-20(21)29-15-17-6-5-7-18(23)12-17/h2-14H,15H2,1H3,(H2,25,26,27)/b24-14+. The van der Waals surface area contributed by atoms with Crippen LogP contribution in [-0.4, -0.2) is 19.4 Å². The van der Waals surface area contributed by atoms with Crippen LogP contribution < -0.4 is 20.2 Å². The summed E-state index contributed by atoms with van der Waals surface area (Å²) in [5, 5.41) is 7.29. The van der Waals surface area contributed by atoms with Crippen molar-refractivity contribution < 1.29 is 14.3 Å². The molecule has 6 nitrogen and oxygen atoms in total. The molecule has 3 aromatic rings. The number of methoxy groups -OCH3 is 1. The van der Waals surface area contributed by atoms with Crippen molar-refractivity contribution in [3.63, 3.8) is 0 Å². The summed E-state index contributed by atoms with van der Waals surface area (Å²) < 4.78 is 11.2. The van der Waals surface area contributed by atoms with E-state index in [9.17, 15) is 4.79 Å². The number of amides is 2. The first kappa shape index (κ1) is 20.2. The molecule has 0 spiro atoms. The van der Waals surface area contributed by atoms with Gasteiger partial charge < -0.3 is 14.8 Å². The number of hydrazone groups is 1. The Morgan fingerprint density at radius 2 is 1.86 bits per heavy atom. The third-order valence-corrected chi connectivity index (χ3v) is 4.12. The van der Waals surface area contributed by atoms with Gasteiger partial charge in [-0.3, -0.25) is 0 Å². The highest BCUT2D eigenvalue weighted by molar-refractivity contribution is 6.30. The van der Waals surface area contributed by atoms with Gasteiger partial charge in [0.2, 0.25) is 0 Å². The molecule has 0 unspecified atom stereocenters. The van der Waals surface area contributed by atoms with Crippen LogP contribution in [0.3, 0.4) is 0 Å². The Balaban J connectivity index is 1.57. The van der Waals surface area contributed by atoms with Crippen LogP contribution in [0.2, 0.25) is 5.02 Å². The van der Waals surface area contributed by atoms with E-state index in [-0.39, 0.29) is 0 Å². The summed E-state index contributed by atoms with van der Waals surface area (Å²) in [6.07, 6.45) is 1.52. The van der Waals surface area contributed by atoms with Crippen molar-refractivity contribution in [2.45, 2.75) is 6.61 Å². The van der Waals surface area contributed by atoms with E-state index in [1.54, 1.807) is 31.4 Å². The monoisotopic (exact) mass is 409 g/mol. The van der Waals surface area contributed by atoms with Crippen LogP contribution >= 0.6 is 11.6 Å². The first-order valence-corrected chi connectivity index (χ1v) is 9.22. The number of halogens is 1. The number of hydrogen-bond donors (Lipinski definition) is 2. The zero-order valence-corrected chi connectivity index (χ0v) is 16.5. The number of nitrogens with zero attached hydrogens (tertiary/aromatic N) is 1. The molecule has 0 aliphatic carbocycles. The minimum atomic E-state index is -0.430. The quantitative estimate of drug-likeness (QED) is 0.422. The lowest BCUT2D eigenvalue weighted by Gasteiger charge is -2.11. The predicted octanol–water partition coefficient (Wildman–Crippen LogP) is 5.08. The summed E-state index contributed by atoms with van der Waals surface area (Å²) in [5.74, 6) is 1.16. The van der Waals surface area contributed by atoms with Gasteiger partial charge in [0.15, 0.2) is 11.5 Å². The molecule has 29 heavy (non-hydrogen) atoms. The molecule has 0 radical (unpaired) electrons. The van der Waals surface area contributed by atoms with E-state index in [2.05, 4.69) is 15.8 Å². The van der Waals surface area contributed by atoms with Crippen molar-refractivity contribution in [2.24, 2.45) is 5.10 Å². The summed E-state index contributed by atoms with van der Waals surface area (Å²) >= 11 is 5.99. The minimum Gasteiger partial charge on any atom is -0.493 e. The molecular weight excluding hydrogens is 390 g/mol. The Labute approximate surface area is 174 Å². The highest BCUT2D eigenvalue weighted by Crippen LogP contribution is 2.28. The second-order valence-corrected chi connectivity index (χ2v) is 6.46. The predicted molar refractivity (Wildman–Crippen MR) is 115 cm³/mol. The van der Waals surface area contributed by atoms with Crippen molar-refractivity contribution in [3.8, 4) is 11.5 Å². The highest BCUT2D eigenvalue weighted by Gasteiger charge is 2.06. The Kier molecular flexibility index (Phi) is 7.08. The molecule has 2 amide bonds. The fraction of sp³-hybridized carbons (Fsp3) is 0.0909. The fourth-order valence-corrected chi connectivity index (χ4v) is 2.73. The maximum Gasteiger partial charge on any atom is 0.339 e. The normalized spacial score (nSPS) is 10.6. The van der Waals surface area contributed by atoms with E-state index in [1.807, 2.05) is 48.5 Å². The molecule has 0 aliphatic heterocycles. The molecule has 0 bridgehead atoms. The summed E-state index contributed by atoms with van der Waals surface area (Å²) in [4.78, 5) is 11.8. The van der Waals surface area contributed by atoms with Crippen LogP contribution in [0.5, 0.6) is 11.5 Å². The Morgan fingerprint density at radius 1 is 1.03 bits per heavy atom. The molecule has 2 N–H and O–H groups in total. The van der Waals surface area contributed by atoms with E-state index in [0.717, 1.165) is 11.1 Å². The number of rotatable bonds is 7. The highest BCUT2D eigenvalue weighted by atomic mass is 35.5. The van der Waals surface area contributed by atoms with Gasteiger partial charge >= 0.3 is 6.03 Å². The van der Waals surface area contributed by atoms with E-state index in [1.165, 1.54) is 6.21 Å². The zero-order chi connectivity index (χ0) is 20.5. The summed E-state index contributed by atoms with van der Waals surface area (Å²) in [6, 6.07) is 21.5. The van der Waals surface area contributed by atoms with Gasteiger partial charge in [-0.15, -0.1) is 0 Å². The average molecular weight is 410 g/mol. The van der Waals surface area contributed by atoms with Gasteiger partial charge in [0.25, 0.3) is 0 Å². The summed E-state index contributed by atoms with van der Waals surface area (Å²) in [5.41, 5.74) is 4.81. The van der Waals surface area contributed by atoms with Gasteiger partial charge in [-0.05, 0) is 53.6 Å². The molecule has 0 fully saturated rings. The second kappa shape index (κ2) is 10.1. The van der Waals surface area contributed by atoms with Gasteiger partial charge in [0.05, 0.1) is 13.3 Å². The molecule has 0 aliphatic rings. The second-order valence-electron chi connectivity index (χ2n) is 6.02. The largest absolute Gasteiger partial charge is 0.493 e. The van der Waals surface area contributed by atoms with Crippen molar-refractivity contribution in [1.29, 1.82) is 0 Å². The number of ether oxygens (including phenoxy) is 2. The molecule has 3 rings (SSSR count). The smallest absolute Gasteiger partial charge is 0.339 e. The van der Waals surface area contributed by atoms with Gasteiger partial charge in [-0.25, -0.2) is 10.2 Å². The number of para-hydroxylation sites is 1. The van der Waals surface area contributed by atoms with E-state index in [4.69, 9.17) is 21.1 Å². The van der Waals surface area contributed by atoms with Gasteiger partial charge in [0.1, 0.15) is 6.61 Å². The molecule has 3 aromatic carbocycles. The van der Waals surface area contributed by atoms with Gasteiger partial charge in [0, 0.05) is 10.7 Å². The third-order valence-electron chi connectivity index (χ3n) is 3.88. The van der Waals surface area contributed by atoms with Crippen molar-refractivity contribution >= 4 is 29.5 Å². The SMILES string of the molecule is COc1cc(/C=N/NC(=O)Nc2ccccc2)ccc1OCc1cccc(Cl)c1. The fourth-order valence-electron chi connectivity index (χ4n) is 2.52. The molecule has 0 atom stereocenters. The number of anilines is 1. The summed E-state index contributed by atoms with van der Waals surface area (Å²) in [7, 11) is 1.56. The Hall–Kier alpha value is -3.51. The zero-order valence-electron chi connectivity index (χ0n) is 15.8. The first-order chi connectivity index (χ1) is 14.1. The number of hydrogen-bond acceptors (Lipinski definition) is 4. The topological polar surface area (TPSA) is 72.0 Å². The van der Waals surface area contributed by atoms with Crippen molar-refractivity contribution in [1.82, 2.24) is 5.43 Å². The van der Waals surface area contributed by atoms with Crippen LogP contribution in [0.25, 0.3) is 0 Å². The molecule has 7 heteroatoms. The molecule has 0 saturated carbocycles. The number of benzene rings is 3. The number of carbonyl (C=O) groups excluding carboxylic acids is 1. The van der Waals surface area contributed by atoms with Gasteiger partial charge in [-0.1, -0.05) is 41.9 Å². The maximum absolute atomic E-state index is 11.8. The molecule has 0 heterocycles. The van der Waals surface area contributed by atoms with Crippen LogP contribution in [0, 0.1) is 0 Å². The third kappa shape index (κ3) is 6.26. The number of urea groups is 1. The number of carbonyl (C=O) groups is 1. The van der Waals surface area contributed by atoms with Crippen molar-refractivity contribution in [2.75, 3.05) is 12.4 Å². The molecular formula is C22H20ClN3O3. The minimum absolute atomic E-state index is 0.367. The van der Waals surface area contributed by atoms with Crippen LogP contribution in [0.1, 0.15) is 11.1 Å². The first-order valence-electron chi connectivity index (χ1n) is 8.84. The summed E-state index contributed by atoms with van der Waals surface area (Å²) in [6.45, 7) is 0.367. The lowest BCUT2D eigenvalue weighted by atomic mass is 10.2. The maximum atomic E-state index is 11.8. The van der Waals surface area contributed by atoms with Crippen LogP contribution in [0.4, 0.5) is 10.5 Å².